The summed E-state index contributed by atoms with van der Waals surface area (Å²) in [6, 6.07) is 11.9. The third-order valence-corrected chi connectivity index (χ3v) is 3.77. The van der Waals surface area contributed by atoms with Crippen molar-refractivity contribution in [2.45, 2.75) is 0 Å². The summed E-state index contributed by atoms with van der Waals surface area (Å²) in [6.45, 7) is 0. The molecule has 3 rings (SSSR count). The Labute approximate surface area is 137 Å². The van der Waals surface area contributed by atoms with Gasteiger partial charge in [-0.3, -0.25) is 4.98 Å². The van der Waals surface area contributed by atoms with E-state index in [4.69, 9.17) is 16.3 Å². The highest BCUT2D eigenvalue weighted by molar-refractivity contribution is 6.36. The van der Waals surface area contributed by atoms with Crippen molar-refractivity contribution >= 4 is 39.8 Å². The molecule has 0 radical (unpaired) electrons. The van der Waals surface area contributed by atoms with Crippen molar-refractivity contribution in [3.63, 3.8) is 0 Å². The molecule has 0 amide bonds. The van der Waals surface area contributed by atoms with E-state index >= 15 is 0 Å². The van der Waals surface area contributed by atoms with Crippen LogP contribution in [0, 0.1) is 0 Å². The molecule has 3 aromatic rings. The van der Waals surface area contributed by atoms with Crippen LogP contribution in [0.5, 0.6) is 5.75 Å². The van der Waals surface area contributed by atoms with Gasteiger partial charge in [0.05, 0.1) is 29.1 Å². The standard InChI is InChI=1S/C17H13ClN2O3/c1-23-14-7-6-11(18)15-13(8-9-19-16(14)15)20-12-5-3-2-4-10(12)17(21)22/h2-9H,1H3,(H,19,20)(H,21,22). The highest BCUT2D eigenvalue weighted by Crippen LogP contribution is 2.36. The first-order valence-electron chi connectivity index (χ1n) is 6.82. The number of carboxylic acids is 1. The second-order valence-corrected chi connectivity index (χ2v) is 5.21. The van der Waals surface area contributed by atoms with Crippen molar-refractivity contribution in [2.24, 2.45) is 0 Å². The number of anilines is 2. The summed E-state index contributed by atoms with van der Waals surface area (Å²) in [5.74, 6) is -0.408. The monoisotopic (exact) mass is 328 g/mol. The quantitative estimate of drug-likeness (QED) is 0.745. The molecule has 5 nitrogen and oxygen atoms in total. The number of aromatic carboxylic acids is 1. The lowest BCUT2D eigenvalue weighted by Crippen LogP contribution is -2.03. The van der Waals surface area contributed by atoms with Crippen LogP contribution in [0.25, 0.3) is 10.9 Å². The number of nitrogens with zero attached hydrogens (tertiary/aromatic N) is 1. The highest BCUT2D eigenvalue weighted by atomic mass is 35.5. The van der Waals surface area contributed by atoms with E-state index < -0.39 is 5.97 Å². The van der Waals surface area contributed by atoms with E-state index in [1.807, 2.05) is 0 Å². The minimum atomic E-state index is -1.00. The zero-order chi connectivity index (χ0) is 16.4. The van der Waals surface area contributed by atoms with E-state index in [9.17, 15) is 9.90 Å². The number of carbonyl (C=O) groups is 1. The predicted octanol–water partition coefficient (Wildman–Crippen LogP) is 4.34. The average Bonchev–Trinajstić information content (AvgIpc) is 2.55. The van der Waals surface area contributed by atoms with Crippen LogP contribution in [0.2, 0.25) is 5.02 Å². The fraction of sp³-hybridized carbons (Fsp3) is 0.0588. The van der Waals surface area contributed by atoms with Gasteiger partial charge in [-0.1, -0.05) is 23.7 Å². The minimum Gasteiger partial charge on any atom is -0.494 e. The van der Waals surface area contributed by atoms with Crippen molar-refractivity contribution < 1.29 is 14.6 Å². The summed E-state index contributed by atoms with van der Waals surface area (Å²) in [5.41, 5.74) is 1.92. The van der Waals surface area contributed by atoms with Crippen LogP contribution in [0.4, 0.5) is 11.4 Å². The molecule has 2 aromatic carbocycles. The van der Waals surface area contributed by atoms with Gasteiger partial charge in [0.25, 0.3) is 0 Å². The molecule has 0 aliphatic rings. The SMILES string of the molecule is COc1ccc(Cl)c2c(Nc3ccccc3C(=O)O)ccnc12. The van der Waals surface area contributed by atoms with Crippen molar-refractivity contribution in [1.29, 1.82) is 0 Å². The topological polar surface area (TPSA) is 71.5 Å². The molecular weight excluding hydrogens is 316 g/mol. The molecule has 6 heteroatoms. The van der Waals surface area contributed by atoms with Gasteiger partial charge in [-0.05, 0) is 30.3 Å². The zero-order valence-corrected chi connectivity index (χ0v) is 13.0. The average molecular weight is 329 g/mol. The molecule has 0 aliphatic carbocycles. The molecule has 0 aliphatic heterocycles. The van der Waals surface area contributed by atoms with Gasteiger partial charge in [0.2, 0.25) is 0 Å². The summed E-state index contributed by atoms with van der Waals surface area (Å²) in [5, 5.41) is 13.6. The van der Waals surface area contributed by atoms with Crippen molar-refractivity contribution in [2.75, 3.05) is 12.4 Å². The molecule has 0 fully saturated rings. The summed E-state index contributed by atoms with van der Waals surface area (Å²) >= 11 is 6.31. The van der Waals surface area contributed by atoms with Crippen molar-refractivity contribution in [3.8, 4) is 5.75 Å². The number of ether oxygens (including phenoxy) is 1. The molecule has 2 N–H and O–H groups in total. The molecule has 1 heterocycles. The Hall–Kier alpha value is -2.79. The van der Waals surface area contributed by atoms with Gasteiger partial charge in [0.15, 0.2) is 0 Å². The first kappa shape index (κ1) is 15.1. The summed E-state index contributed by atoms with van der Waals surface area (Å²) < 4.78 is 5.31. The van der Waals surface area contributed by atoms with Crippen LogP contribution in [-0.2, 0) is 0 Å². The van der Waals surface area contributed by atoms with Gasteiger partial charge < -0.3 is 15.2 Å². The molecule has 1 aromatic heterocycles. The van der Waals surface area contributed by atoms with Gasteiger partial charge in [0, 0.05) is 11.6 Å². The molecule has 0 spiro atoms. The van der Waals surface area contributed by atoms with Crippen LogP contribution in [0.3, 0.4) is 0 Å². The largest absolute Gasteiger partial charge is 0.494 e. The maximum absolute atomic E-state index is 11.3. The number of fused-ring (bicyclic) bond motifs is 1. The number of para-hydroxylation sites is 1. The first-order valence-corrected chi connectivity index (χ1v) is 7.20. The third kappa shape index (κ3) is 2.78. The maximum Gasteiger partial charge on any atom is 0.337 e. The van der Waals surface area contributed by atoms with Crippen LogP contribution in [0.1, 0.15) is 10.4 Å². The third-order valence-electron chi connectivity index (χ3n) is 3.45. The first-order chi connectivity index (χ1) is 11.1. The molecule has 0 saturated carbocycles. The molecule has 0 saturated heterocycles. The van der Waals surface area contributed by atoms with E-state index in [2.05, 4.69) is 10.3 Å². The number of hydrogen-bond donors (Lipinski definition) is 2. The van der Waals surface area contributed by atoms with E-state index in [0.717, 1.165) is 0 Å². The minimum absolute atomic E-state index is 0.177. The van der Waals surface area contributed by atoms with Gasteiger partial charge in [-0.25, -0.2) is 4.79 Å². The molecule has 0 atom stereocenters. The number of rotatable bonds is 4. The number of benzene rings is 2. The summed E-state index contributed by atoms with van der Waals surface area (Å²) in [4.78, 5) is 15.7. The lowest BCUT2D eigenvalue weighted by Gasteiger charge is -2.14. The van der Waals surface area contributed by atoms with E-state index in [1.165, 1.54) is 6.07 Å². The fourth-order valence-corrected chi connectivity index (χ4v) is 2.65. The maximum atomic E-state index is 11.3. The Morgan fingerprint density at radius 1 is 1.17 bits per heavy atom. The Balaban J connectivity index is 2.17. The van der Waals surface area contributed by atoms with Crippen LogP contribution in [-0.4, -0.2) is 23.2 Å². The number of nitrogens with one attached hydrogen (secondary N) is 1. The van der Waals surface area contributed by atoms with Gasteiger partial charge in [-0.2, -0.15) is 0 Å². The zero-order valence-electron chi connectivity index (χ0n) is 12.2. The lowest BCUT2D eigenvalue weighted by molar-refractivity contribution is 0.0698. The molecular formula is C17H13ClN2O3. The smallest absolute Gasteiger partial charge is 0.337 e. The Bertz CT molecular complexity index is 896. The summed E-state index contributed by atoms with van der Waals surface area (Å²) in [7, 11) is 1.56. The number of pyridine rings is 1. The van der Waals surface area contributed by atoms with Gasteiger partial charge in [-0.15, -0.1) is 0 Å². The highest BCUT2D eigenvalue weighted by Gasteiger charge is 2.14. The normalized spacial score (nSPS) is 10.5. The molecule has 0 unspecified atom stereocenters. The second-order valence-electron chi connectivity index (χ2n) is 4.81. The number of aromatic nitrogens is 1. The van der Waals surface area contributed by atoms with Crippen LogP contribution >= 0.6 is 11.6 Å². The molecule has 23 heavy (non-hydrogen) atoms. The van der Waals surface area contributed by atoms with Gasteiger partial charge in [0.1, 0.15) is 11.3 Å². The second kappa shape index (κ2) is 6.14. The van der Waals surface area contributed by atoms with Gasteiger partial charge >= 0.3 is 5.97 Å². The Kier molecular flexibility index (Phi) is 4.04. The lowest BCUT2D eigenvalue weighted by atomic mass is 10.1. The van der Waals surface area contributed by atoms with E-state index in [1.54, 1.807) is 49.7 Å². The number of hydrogen-bond acceptors (Lipinski definition) is 4. The van der Waals surface area contributed by atoms with E-state index in [-0.39, 0.29) is 5.56 Å². The molecule has 0 bridgehead atoms. The molecule has 116 valence electrons. The number of halogens is 1. The Morgan fingerprint density at radius 3 is 2.70 bits per heavy atom. The van der Waals surface area contributed by atoms with Crippen LogP contribution in [0.15, 0.2) is 48.7 Å². The Morgan fingerprint density at radius 2 is 1.96 bits per heavy atom. The van der Waals surface area contributed by atoms with E-state index in [0.29, 0.717) is 33.0 Å². The predicted molar refractivity (Wildman–Crippen MR) is 90.0 cm³/mol. The number of carboxylic acid groups (broad SMARTS) is 1. The fourth-order valence-electron chi connectivity index (χ4n) is 2.39. The summed E-state index contributed by atoms with van der Waals surface area (Å²) in [6.07, 6.45) is 1.62. The van der Waals surface area contributed by atoms with Crippen molar-refractivity contribution in [1.82, 2.24) is 4.98 Å². The number of methoxy groups -OCH3 is 1. The van der Waals surface area contributed by atoms with Crippen LogP contribution < -0.4 is 10.1 Å². The van der Waals surface area contributed by atoms with Crippen molar-refractivity contribution in [3.05, 3.63) is 59.2 Å².